The van der Waals surface area contributed by atoms with E-state index in [1.165, 1.54) is 3.58 Å². The molecule has 0 unspecified atom stereocenters. The van der Waals surface area contributed by atoms with E-state index in [2.05, 4.69) is 0 Å². The van der Waals surface area contributed by atoms with Crippen LogP contribution in [0.5, 0.6) is 0 Å². The van der Waals surface area contributed by atoms with Crippen LogP contribution in [0.4, 0.5) is 0 Å². The SMILES string of the molecule is CN(C)C.Cc1cc(-n2c[c]([SnH])ccc2=O)cc(C)c1Cl. The summed E-state index contributed by atoms with van der Waals surface area (Å²) in [4.78, 5) is 13.8. The molecule has 0 aliphatic rings. The summed E-state index contributed by atoms with van der Waals surface area (Å²) in [5, 5.41) is 0.767. The number of halogens is 1. The molecule has 0 aliphatic heterocycles. The Labute approximate surface area is 144 Å². The molecule has 0 aliphatic carbocycles. The van der Waals surface area contributed by atoms with Gasteiger partial charge in [0.15, 0.2) is 0 Å². The second kappa shape index (κ2) is 8.01. The molecule has 0 fully saturated rings. The average molecular weight is 412 g/mol. The molecule has 5 heteroatoms. The quantitative estimate of drug-likeness (QED) is 0.669. The zero-order valence-corrected chi connectivity index (χ0v) is 17.2. The van der Waals surface area contributed by atoms with Crippen LogP contribution in [0.25, 0.3) is 5.69 Å². The number of nitrogens with zero attached hydrogens (tertiary/aromatic N) is 2. The predicted octanol–water partition coefficient (Wildman–Crippen LogP) is 1.81. The van der Waals surface area contributed by atoms with Gasteiger partial charge in [-0.2, -0.15) is 0 Å². The fourth-order valence-corrected chi connectivity index (χ4v) is 2.58. The van der Waals surface area contributed by atoms with E-state index < -0.39 is 0 Å². The Kier molecular flexibility index (Phi) is 6.97. The van der Waals surface area contributed by atoms with Crippen LogP contribution in [0, 0.1) is 13.8 Å². The Morgan fingerprint density at radius 1 is 1.10 bits per heavy atom. The predicted molar refractivity (Wildman–Crippen MR) is 92.9 cm³/mol. The number of benzene rings is 1. The fraction of sp³-hybridized carbons (Fsp3) is 0.312. The number of rotatable bonds is 1. The molecule has 2 aromatic rings. The first-order valence-electron chi connectivity index (χ1n) is 6.58. The van der Waals surface area contributed by atoms with Gasteiger partial charge in [0, 0.05) is 0 Å². The van der Waals surface area contributed by atoms with Crippen LogP contribution in [0.3, 0.4) is 0 Å². The number of hydrogen-bond donors (Lipinski definition) is 0. The molecule has 1 heterocycles. The molecule has 3 nitrogen and oxygen atoms in total. The summed E-state index contributed by atoms with van der Waals surface area (Å²) in [5.41, 5.74) is 2.85. The van der Waals surface area contributed by atoms with Crippen molar-refractivity contribution in [2.45, 2.75) is 13.8 Å². The Hall–Kier alpha value is -0.781. The molecule has 21 heavy (non-hydrogen) atoms. The van der Waals surface area contributed by atoms with Crippen LogP contribution in [0.15, 0.2) is 35.3 Å². The Morgan fingerprint density at radius 3 is 2.05 bits per heavy atom. The molecule has 2 rings (SSSR count). The van der Waals surface area contributed by atoms with E-state index in [-0.39, 0.29) is 5.56 Å². The monoisotopic (exact) mass is 412 g/mol. The van der Waals surface area contributed by atoms with Gasteiger partial charge in [-0.25, -0.2) is 0 Å². The van der Waals surface area contributed by atoms with Gasteiger partial charge in [-0.15, -0.1) is 0 Å². The minimum atomic E-state index is -0.0100. The maximum absolute atomic E-state index is 11.8. The van der Waals surface area contributed by atoms with Gasteiger partial charge in [0.05, 0.1) is 0 Å². The van der Waals surface area contributed by atoms with Gasteiger partial charge < -0.3 is 4.90 Å². The second-order valence-corrected chi connectivity index (χ2v) is 7.69. The molecule has 0 bridgehead atoms. The first kappa shape index (κ1) is 18.3. The van der Waals surface area contributed by atoms with Crippen molar-refractivity contribution in [3.8, 4) is 5.69 Å². The third-order valence-electron chi connectivity index (χ3n) is 2.63. The summed E-state index contributed by atoms with van der Waals surface area (Å²) in [6.45, 7) is 3.90. The molecule has 0 spiro atoms. The summed E-state index contributed by atoms with van der Waals surface area (Å²) in [6, 6.07) is 7.36. The summed E-state index contributed by atoms with van der Waals surface area (Å²) >= 11 is 7.12. The molecule has 112 valence electrons. The van der Waals surface area contributed by atoms with Crippen molar-refractivity contribution in [1.82, 2.24) is 9.47 Å². The summed E-state index contributed by atoms with van der Waals surface area (Å²) in [6.07, 6.45) is 1.90. The van der Waals surface area contributed by atoms with Crippen molar-refractivity contribution in [2.24, 2.45) is 0 Å². The molecule has 1 aromatic carbocycles. The van der Waals surface area contributed by atoms with E-state index in [4.69, 9.17) is 11.6 Å². The molecule has 0 N–H and O–H groups in total. The summed E-state index contributed by atoms with van der Waals surface area (Å²) in [7, 11) is 6.00. The molecular weight excluding hydrogens is 390 g/mol. The standard InChI is InChI=1S/C13H11ClNO.C3H9N.Sn.H/c1-9-7-11(8-10(2)13(9)14)15-6-4-3-5-12(15)16;1-4(2)3;;/h3,5-8H,1-2H3;1-3H3;;. The number of aryl methyl sites for hydroxylation is 2. The van der Waals surface area contributed by atoms with Crippen LogP contribution in [0.2, 0.25) is 5.02 Å². The Balaban J connectivity index is 0.000000491. The van der Waals surface area contributed by atoms with Crippen LogP contribution < -0.4 is 9.14 Å². The van der Waals surface area contributed by atoms with E-state index in [0.717, 1.165) is 44.4 Å². The topological polar surface area (TPSA) is 25.2 Å². The van der Waals surface area contributed by atoms with Gasteiger partial charge in [-0.3, -0.25) is 0 Å². The molecule has 0 saturated heterocycles. The van der Waals surface area contributed by atoms with Crippen molar-refractivity contribution in [2.75, 3.05) is 21.1 Å². The van der Waals surface area contributed by atoms with Crippen LogP contribution in [-0.4, -0.2) is 53.1 Å². The van der Waals surface area contributed by atoms with Gasteiger partial charge >= 0.3 is 119 Å². The molecule has 0 saturated carbocycles. The fourth-order valence-electron chi connectivity index (χ4n) is 1.77. The first-order valence-corrected chi connectivity index (χ1v) is 8.61. The minimum absolute atomic E-state index is 0.0100. The van der Waals surface area contributed by atoms with Crippen LogP contribution in [0.1, 0.15) is 11.1 Å². The van der Waals surface area contributed by atoms with Gasteiger partial charge in [0.25, 0.3) is 0 Å². The number of aromatic nitrogens is 1. The average Bonchev–Trinajstić information content (AvgIpc) is 2.37. The Bertz CT molecular complexity index is 654. The van der Waals surface area contributed by atoms with E-state index in [9.17, 15) is 4.79 Å². The van der Waals surface area contributed by atoms with Crippen LogP contribution >= 0.6 is 11.6 Å². The zero-order valence-electron chi connectivity index (χ0n) is 13.1. The molecule has 0 atom stereocenters. The maximum atomic E-state index is 11.8. The van der Waals surface area contributed by atoms with Gasteiger partial charge in [0.2, 0.25) is 0 Å². The van der Waals surface area contributed by atoms with Crippen molar-refractivity contribution in [1.29, 1.82) is 0 Å². The first-order chi connectivity index (χ1) is 9.72. The third kappa shape index (κ3) is 5.49. The summed E-state index contributed by atoms with van der Waals surface area (Å²) < 4.78 is 2.86. The van der Waals surface area contributed by atoms with E-state index in [1.54, 1.807) is 10.6 Å². The zero-order chi connectivity index (χ0) is 16.2. The normalized spacial score (nSPS) is 10.3. The number of pyridine rings is 1. The van der Waals surface area contributed by atoms with Crippen molar-refractivity contribution < 1.29 is 0 Å². The molecule has 0 amide bonds. The van der Waals surface area contributed by atoms with Gasteiger partial charge in [-0.1, -0.05) is 0 Å². The molecule has 2 radical (unpaired) electrons. The Morgan fingerprint density at radius 2 is 1.57 bits per heavy atom. The van der Waals surface area contributed by atoms with E-state index >= 15 is 0 Å². The van der Waals surface area contributed by atoms with Crippen molar-refractivity contribution in [3.63, 3.8) is 0 Å². The summed E-state index contributed by atoms with van der Waals surface area (Å²) in [5.74, 6) is 0. The van der Waals surface area contributed by atoms with Crippen molar-refractivity contribution >= 4 is 37.7 Å². The molecular formula is C16H21ClN2OSn. The molecule has 1 aromatic heterocycles. The van der Waals surface area contributed by atoms with E-state index in [0.29, 0.717) is 0 Å². The van der Waals surface area contributed by atoms with Crippen LogP contribution in [-0.2, 0) is 0 Å². The third-order valence-corrected chi connectivity index (χ3v) is 4.20. The number of hydrogen-bond acceptors (Lipinski definition) is 2. The van der Waals surface area contributed by atoms with Crippen molar-refractivity contribution in [3.05, 3.63) is 57.0 Å². The van der Waals surface area contributed by atoms with E-state index in [1.807, 2.05) is 64.3 Å². The van der Waals surface area contributed by atoms with Gasteiger partial charge in [-0.05, 0) is 21.1 Å². The second-order valence-electron chi connectivity index (χ2n) is 5.41. The van der Waals surface area contributed by atoms with Gasteiger partial charge in [0.1, 0.15) is 0 Å².